The molecule has 0 atom stereocenters. The summed E-state index contributed by atoms with van der Waals surface area (Å²) in [7, 11) is 3.15. The first kappa shape index (κ1) is 17.2. The zero-order valence-corrected chi connectivity index (χ0v) is 12.7. The van der Waals surface area contributed by atoms with Crippen LogP contribution >= 0.6 is 0 Å². The van der Waals surface area contributed by atoms with Gasteiger partial charge in [-0.1, -0.05) is 24.3 Å². The lowest BCUT2D eigenvalue weighted by Crippen LogP contribution is -2.04. The average Bonchev–Trinajstić information content (AvgIpc) is 2.50. The maximum atomic E-state index is 8.73. The molecule has 0 saturated heterocycles. The molecule has 116 valence electrons. The van der Waals surface area contributed by atoms with Crippen LogP contribution in [0.15, 0.2) is 30.4 Å². The van der Waals surface area contributed by atoms with Crippen LogP contribution in [-0.2, 0) is 9.47 Å². The predicted molar refractivity (Wildman–Crippen MR) is 81.4 cm³/mol. The molecule has 1 aromatic rings. The van der Waals surface area contributed by atoms with E-state index in [1.165, 1.54) is 0 Å². The van der Waals surface area contributed by atoms with E-state index >= 15 is 0 Å². The molecular weight excluding hydrogens is 272 g/mol. The molecule has 0 aliphatic heterocycles. The van der Waals surface area contributed by atoms with Crippen LogP contribution in [0.3, 0.4) is 0 Å². The maximum absolute atomic E-state index is 8.73. The Bertz CT molecular complexity index is 480. The van der Waals surface area contributed by atoms with Crippen LogP contribution in [0.5, 0.6) is 11.5 Å². The van der Waals surface area contributed by atoms with Crippen molar-refractivity contribution in [3.8, 4) is 11.5 Å². The standard InChI is InChI=1S/C16H22O5/c1-13-14(7-5-4-6-10-17)16(21-12-19-3)9-8-15(13)20-11-18-2/h4-9,17H,10-12H2,1-3H3. The molecular formula is C16H22O5. The molecule has 1 aromatic carbocycles. The molecule has 0 aromatic heterocycles. The van der Waals surface area contributed by atoms with Crippen molar-refractivity contribution in [2.75, 3.05) is 34.4 Å². The first-order valence-electron chi connectivity index (χ1n) is 6.55. The van der Waals surface area contributed by atoms with Crippen molar-refractivity contribution in [1.82, 2.24) is 0 Å². The molecule has 1 rings (SSSR count). The van der Waals surface area contributed by atoms with Crippen LogP contribution in [0.1, 0.15) is 11.1 Å². The van der Waals surface area contributed by atoms with Crippen molar-refractivity contribution < 1.29 is 24.1 Å². The van der Waals surface area contributed by atoms with Crippen LogP contribution < -0.4 is 9.47 Å². The van der Waals surface area contributed by atoms with Gasteiger partial charge in [0.25, 0.3) is 0 Å². The quantitative estimate of drug-likeness (QED) is 0.560. The van der Waals surface area contributed by atoms with E-state index in [9.17, 15) is 0 Å². The SMILES string of the molecule is COCOc1ccc(OCOC)c(C=CC=CCO)c1C. The fourth-order valence-electron chi connectivity index (χ4n) is 1.71. The number of hydrogen-bond donors (Lipinski definition) is 1. The Balaban J connectivity index is 3.05. The number of rotatable bonds is 9. The second-order valence-electron chi connectivity index (χ2n) is 4.17. The predicted octanol–water partition coefficient (Wildman–Crippen LogP) is 2.52. The van der Waals surface area contributed by atoms with Crippen LogP contribution in [0, 0.1) is 6.92 Å². The van der Waals surface area contributed by atoms with Crippen molar-refractivity contribution in [3.05, 3.63) is 41.5 Å². The highest BCUT2D eigenvalue weighted by molar-refractivity contribution is 5.65. The third-order valence-electron chi connectivity index (χ3n) is 2.71. The zero-order valence-electron chi connectivity index (χ0n) is 12.7. The normalized spacial score (nSPS) is 11.4. The highest BCUT2D eigenvalue weighted by atomic mass is 16.7. The molecule has 1 N–H and O–H groups in total. The van der Waals surface area contributed by atoms with Gasteiger partial charge in [-0.3, -0.25) is 0 Å². The minimum Gasteiger partial charge on any atom is -0.467 e. The van der Waals surface area contributed by atoms with Crippen LogP contribution in [-0.4, -0.2) is 39.5 Å². The lowest BCUT2D eigenvalue weighted by Gasteiger charge is -2.14. The van der Waals surface area contributed by atoms with Gasteiger partial charge in [-0.2, -0.15) is 0 Å². The molecule has 0 heterocycles. The molecule has 0 fully saturated rings. The number of aliphatic hydroxyl groups is 1. The van der Waals surface area contributed by atoms with E-state index in [2.05, 4.69) is 0 Å². The number of hydrogen-bond acceptors (Lipinski definition) is 5. The summed E-state index contributed by atoms with van der Waals surface area (Å²) in [6.07, 6.45) is 7.14. The smallest absolute Gasteiger partial charge is 0.188 e. The van der Waals surface area contributed by atoms with Gasteiger partial charge >= 0.3 is 0 Å². The summed E-state index contributed by atoms with van der Waals surface area (Å²) in [6, 6.07) is 3.66. The molecule has 0 radical (unpaired) electrons. The molecule has 5 nitrogen and oxygen atoms in total. The van der Waals surface area contributed by atoms with E-state index < -0.39 is 0 Å². The zero-order chi connectivity index (χ0) is 15.5. The summed E-state index contributed by atoms with van der Waals surface area (Å²) in [4.78, 5) is 0. The van der Waals surface area contributed by atoms with E-state index in [0.29, 0.717) is 5.75 Å². The molecule has 0 saturated carbocycles. The van der Waals surface area contributed by atoms with E-state index in [1.807, 2.05) is 31.2 Å². The lowest BCUT2D eigenvalue weighted by atomic mass is 10.1. The van der Waals surface area contributed by atoms with Crippen LogP contribution in [0.2, 0.25) is 0 Å². The molecule has 0 aliphatic rings. The number of benzene rings is 1. The van der Waals surface area contributed by atoms with E-state index in [0.717, 1.165) is 16.9 Å². The van der Waals surface area contributed by atoms with Gasteiger partial charge in [0, 0.05) is 25.3 Å². The Kier molecular flexibility index (Phi) is 8.19. The van der Waals surface area contributed by atoms with Crippen LogP contribution in [0.25, 0.3) is 6.08 Å². The second-order valence-corrected chi connectivity index (χ2v) is 4.17. The molecule has 0 amide bonds. The minimum atomic E-state index is 0.00729. The molecule has 21 heavy (non-hydrogen) atoms. The summed E-state index contributed by atoms with van der Waals surface area (Å²) >= 11 is 0. The second kappa shape index (κ2) is 9.99. The Morgan fingerprint density at radius 2 is 1.62 bits per heavy atom. The fourth-order valence-corrected chi connectivity index (χ4v) is 1.71. The molecule has 0 bridgehead atoms. The fraction of sp³-hybridized carbons (Fsp3) is 0.375. The van der Waals surface area contributed by atoms with Gasteiger partial charge in [0.1, 0.15) is 11.5 Å². The van der Waals surface area contributed by atoms with Gasteiger partial charge in [0.2, 0.25) is 0 Å². The van der Waals surface area contributed by atoms with Gasteiger partial charge in [-0.25, -0.2) is 0 Å². The molecule has 0 unspecified atom stereocenters. The first-order valence-corrected chi connectivity index (χ1v) is 6.55. The third kappa shape index (κ3) is 5.59. The summed E-state index contributed by atoms with van der Waals surface area (Å²) < 4.78 is 20.9. The number of allylic oxidation sites excluding steroid dienone is 2. The van der Waals surface area contributed by atoms with Crippen molar-refractivity contribution in [1.29, 1.82) is 0 Å². The third-order valence-corrected chi connectivity index (χ3v) is 2.71. The maximum Gasteiger partial charge on any atom is 0.188 e. The Labute approximate surface area is 125 Å². The largest absolute Gasteiger partial charge is 0.467 e. The van der Waals surface area contributed by atoms with Crippen LogP contribution in [0.4, 0.5) is 0 Å². The average molecular weight is 294 g/mol. The first-order chi connectivity index (χ1) is 10.2. The van der Waals surface area contributed by atoms with Crippen molar-refractivity contribution in [3.63, 3.8) is 0 Å². The van der Waals surface area contributed by atoms with Gasteiger partial charge in [0.05, 0.1) is 6.61 Å². The molecule has 0 aliphatic carbocycles. The number of aliphatic hydroxyl groups excluding tert-OH is 1. The monoisotopic (exact) mass is 294 g/mol. The number of ether oxygens (including phenoxy) is 4. The summed E-state index contributed by atoms with van der Waals surface area (Å²) in [6.45, 7) is 2.31. The van der Waals surface area contributed by atoms with Crippen molar-refractivity contribution in [2.24, 2.45) is 0 Å². The summed E-state index contributed by atoms with van der Waals surface area (Å²) in [5.74, 6) is 1.43. The van der Waals surface area contributed by atoms with E-state index in [4.69, 9.17) is 24.1 Å². The Morgan fingerprint density at radius 3 is 2.24 bits per heavy atom. The summed E-state index contributed by atoms with van der Waals surface area (Å²) in [5, 5.41) is 8.73. The molecule has 5 heteroatoms. The van der Waals surface area contributed by atoms with Gasteiger partial charge in [-0.05, 0) is 19.1 Å². The van der Waals surface area contributed by atoms with Gasteiger partial charge in [0.15, 0.2) is 13.6 Å². The highest BCUT2D eigenvalue weighted by Crippen LogP contribution is 2.31. The Hall–Kier alpha value is -1.82. The topological polar surface area (TPSA) is 57.2 Å². The van der Waals surface area contributed by atoms with E-state index in [-0.39, 0.29) is 20.2 Å². The van der Waals surface area contributed by atoms with Crippen molar-refractivity contribution in [2.45, 2.75) is 6.92 Å². The lowest BCUT2D eigenvalue weighted by molar-refractivity contribution is 0.0478. The minimum absolute atomic E-state index is 0.00729. The Morgan fingerprint density at radius 1 is 1.00 bits per heavy atom. The van der Waals surface area contributed by atoms with Gasteiger partial charge < -0.3 is 24.1 Å². The van der Waals surface area contributed by atoms with Crippen molar-refractivity contribution >= 4 is 6.08 Å². The van der Waals surface area contributed by atoms with E-state index in [1.54, 1.807) is 26.4 Å². The number of methoxy groups -OCH3 is 2. The summed E-state index contributed by atoms with van der Waals surface area (Å²) in [5.41, 5.74) is 1.83. The molecule has 0 spiro atoms. The highest BCUT2D eigenvalue weighted by Gasteiger charge is 2.10. The van der Waals surface area contributed by atoms with Gasteiger partial charge in [-0.15, -0.1) is 0 Å².